The van der Waals surface area contributed by atoms with Crippen molar-refractivity contribution in [2.24, 2.45) is 0 Å². The molecule has 0 saturated heterocycles. The Hall–Kier alpha value is -1.36. The molecule has 0 radical (unpaired) electrons. The van der Waals surface area contributed by atoms with E-state index in [9.17, 15) is 4.79 Å². The van der Waals surface area contributed by atoms with E-state index >= 15 is 0 Å². The van der Waals surface area contributed by atoms with Crippen molar-refractivity contribution in [1.82, 2.24) is 14.7 Å². The van der Waals surface area contributed by atoms with Gasteiger partial charge in [0.2, 0.25) is 0 Å². The number of carbonyl (C=O) groups is 1. The third kappa shape index (κ3) is 3.03. The Morgan fingerprint density at radius 3 is 2.60 bits per heavy atom. The minimum atomic E-state index is -0.121. The number of carbonyl (C=O) groups excluding carboxylic acids is 1. The van der Waals surface area contributed by atoms with Crippen LogP contribution in [0.4, 0.5) is 0 Å². The SMILES string of the molecule is CCN(CCO)C(=O)c1cc(C2CC2)n(C(C)(C)C)n1. The van der Waals surface area contributed by atoms with Crippen LogP contribution in [0, 0.1) is 0 Å². The second-order valence-corrected chi connectivity index (χ2v) is 6.42. The van der Waals surface area contributed by atoms with Crippen LogP contribution in [0.1, 0.15) is 62.6 Å². The first-order valence-corrected chi connectivity index (χ1v) is 7.39. The maximum absolute atomic E-state index is 12.4. The second-order valence-electron chi connectivity index (χ2n) is 6.42. The quantitative estimate of drug-likeness (QED) is 0.896. The van der Waals surface area contributed by atoms with Gasteiger partial charge in [0.25, 0.3) is 5.91 Å². The highest BCUT2D eigenvalue weighted by atomic mass is 16.3. The van der Waals surface area contributed by atoms with Gasteiger partial charge < -0.3 is 10.0 Å². The van der Waals surface area contributed by atoms with Crippen LogP contribution in [0.2, 0.25) is 0 Å². The van der Waals surface area contributed by atoms with Crippen molar-refractivity contribution >= 4 is 5.91 Å². The van der Waals surface area contributed by atoms with E-state index in [0.29, 0.717) is 24.7 Å². The van der Waals surface area contributed by atoms with Crippen LogP contribution in [0.25, 0.3) is 0 Å². The summed E-state index contributed by atoms with van der Waals surface area (Å²) in [6.07, 6.45) is 2.37. The number of hydrogen-bond donors (Lipinski definition) is 1. The number of hydrogen-bond acceptors (Lipinski definition) is 3. The van der Waals surface area contributed by atoms with E-state index in [1.54, 1.807) is 4.90 Å². The van der Waals surface area contributed by atoms with E-state index in [1.807, 2.05) is 17.7 Å². The summed E-state index contributed by atoms with van der Waals surface area (Å²) < 4.78 is 1.99. The molecule has 0 bridgehead atoms. The highest BCUT2D eigenvalue weighted by molar-refractivity contribution is 5.92. The number of amides is 1. The lowest BCUT2D eigenvalue weighted by Crippen LogP contribution is -2.34. The van der Waals surface area contributed by atoms with E-state index in [-0.39, 0.29) is 18.1 Å². The second kappa shape index (κ2) is 5.56. The summed E-state index contributed by atoms with van der Waals surface area (Å²) >= 11 is 0. The maximum Gasteiger partial charge on any atom is 0.274 e. The number of aromatic nitrogens is 2. The van der Waals surface area contributed by atoms with Crippen LogP contribution >= 0.6 is 0 Å². The summed E-state index contributed by atoms with van der Waals surface area (Å²) in [4.78, 5) is 14.1. The molecule has 1 fully saturated rings. The Bertz CT molecular complexity index is 484. The van der Waals surface area contributed by atoms with Crippen molar-refractivity contribution in [3.05, 3.63) is 17.5 Å². The van der Waals surface area contributed by atoms with Crippen LogP contribution < -0.4 is 0 Å². The van der Waals surface area contributed by atoms with Gasteiger partial charge in [0, 0.05) is 24.7 Å². The number of aliphatic hydroxyl groups is 1. The average molecular weight is 279 g/mol. The van der Waals surface area contributed by atoms with E-state index in [0.717, 1.165) is 0 Å². The van der Waals surface area contributed by atoms with E-state index < -0.39 is 0 Å². The topological polar surface area (TPSA) is 58.4 Å². The van der Waals surface area contributed by atoms with Gasteiger partial charge in [-0.25, -0.2) is 0 Å². The number of rotatable bonds is 5. The van der Waals surface area contributed by atoms with Crippen LogP contribution in [0.3, 0.4) is 0 Å². The predicted octanol–water partition coefficient (Wildman–Crippen LogP) is 1.97. The van der Waals surface area contributed by atoms with Crippen LogP contribution in [0.15, 0.2) is 6.07 Å². The monoisotopic (exact) mass is 279 g/mol. The smallest absolute Gasteiger partial charge is 0.274 e. The van der Waals surface area contributed by atoms with Crippen molar-refractivity contribution in [2.75, 3.05) is 19.7 Å². The first-order chi connectivity index (χ1) is 9.38. The zero-order valence-corrected chi connectivity index (χ0v) is 12.9. The Balaban J connectivity index is 2.31. The van der Waals surface area contributed by atoms with Gasteiger partial charge in [-0.3, -0.25) is 9.48 Å². The number of nitrogens with zero attached hydrogens (tertiary/aromatic N) is 3. The molecule has 1 aromatic rings. The molecule has 5 nitrogen and oxygen atoms in total. The zero-order valence-electron chi connectivity index (χ0n) is 12.9. The summed E-state index contributed by atoms with van der Waals surface area (Å²) in [5.41, 5.74) is 1.54. The molecule has 1 heterocycles. The third-order valence-corrected chi connectivity index (χ3v) is 3.63. The molecule has 0 aromatic carbocycles. The van der Waals surface area contributed by atoms with Gasteiger partial charge in [0.15, 0.2) is 5.69 Å². The first-order valence-electron chi connectivity index (χ1n) is 7.39. The number of likely N-dealkylation sites (N-methyl/N-ethyl adjacent to an activating group) is 1. The molecule has 1 aromatic heterocycles. The highest BCUT2D eigenvalue weighted by Gasteiger charge is 2.33. The molecule has 1 N–H and O–H groups in total. The Morgan fingerprint density at radius 2 is 2.15 bits per heavy atom. The summed E-state index contributed by atoms with van der Waals surface area (Å²) in [6.45, 7) is 9.14. The lowest BCUT2D eigenvalue weighted by atomic mass is 10.1. The molecule has 0 atom stereocenters. The van der Waals surface area contributed by atoms with Gasteiger partial charge in [-0.15, -0.1) is 0 Å². The summed E-state index contributed by atoms with van der Waals surface area (Å²) in [7, 11) is 0. The third-order valence-electron chi connectivity index (χ3n) is 3.63. The first kappa shape index (κ1) is 15.0. The van der Waals surface area contributed by atoms with Crippen LogP contribution in [-0.4, -0.2) is 45.4 Å². The maximum atomic E-state index is 12.4. The highest BCUT2D eigenvalue weighted by Crippen LogP contribution is 2.41. The molecule has 1 amide bonds. The predicted molar refractivity (Wildman–Crippen MR) is 77.9 cm³/mol. The summed E-state index contributed by atoms with van der Waals surface area (Å²) in [5.74, 6) is 0.461. The van der Waals surface area contributed by atoms with Gasteiger partial charge in [-0.05, 0) is 46.6 Å². The molecule has 20 heavy (non-hydrogen) atoms. The van der Waals surface area contributed by atoms with Gasteiger partial charge in [0.1, 0.15) is 0 Å². The zero-order chi connectivity index (χ0) is 14.9. The van der Waals surface area contributed by atoms with Crippen LogP contribution in [0.5, 0.6) is 0 Å². The molecule has 0 aliphatic heterocycles. The molecular weight excluding hydrogens is 254 g/mol. The molecule has 0 spiro atoms. The molecule has 5 heteroatoms. The average Bonchev–Trinajstić information content (AvgIpc) is 3.12. The van der Waals surface area contributed by atoms with Gasteiger partial charge >= 0.3 is 0 Å². The largest absolute Gasteiger partial charge is 0.395 e. The fourth-order valence-electron chi connectivity index (χ4n) is 2.39. The number of aliphatic hydroxyl groups excluding tert-OH is 1. The molecule has 1 aliphatic rings. The molecule has 1 saturated carbocycles. The summed E-state index contributed by atoms with van der Waals surface area (Å²) in [6, 6.07) is 1.94. The minimum absolute atomic E-state index is 0.0188. The normalized spacial score (nSPS) is 15.4. The molecular formula is C15H25N3O2. The van der Waals surface area contributed by atoms with Crippen molar-refractivity contribution in [3.63, 3.8) is 0 Å². The van der Waals surface area contributed by atoms with Crippen molar-refractivity contribution < 1.29 is 9.90 Å². The van der Waals surface area contributed by atoms with Crippen molar-refractivity contribution in [3.8, 4) is 0 Å². The van der Waals surface area contributed by atoms with Crippen molar-refractivity contribution in [2.45, 2.75) is 52.0 Å². The fourth-order valence-corrected chi connectivity index (χ4v) is 2.39. The minimum Gasteiger partial charge on any atom is -0.395 e. The molecule has 1 aliphatic carbocycles. The van der Waals surface area contributed by atoms with E-state index in [2.05, 4.69) is 25.9 Å². The Kier molecular flexibility index (Phi) is 4.18. The lowest BCUT2D eigenvalue weighted by Gasteiger charge is -2.22. The van der Waals surface area contributed by atoms with Crippen LogP contribution in [-0.2, 0) is 5.54 Å². The van der Waals surface area contributed by atoms with Gasteiger partial charge in [-0.2, -0.15) is 5.10 Å². The molecule has 112 valence electrons. The van der Waals surface area contributed by atoms with Gasteiger partial charge in [-0.1, -0.05) is 0 Å². The van der Waals surface area contributed by atoms with Gasteiger partial charge in [0.05, 0.1) is 12.1 Å². The van der Waals surface area contributed by atoms with E-state index in [1.165, 1.54) is 18.5 Å². The summed E-state index contributed by atoms with van der Waals surface area (Å²) in [5, 5.41) is 13.6. The molecule has 0 unspecified atom stereocenters. The van der Waals surface area contributed by atoms with E-state index in [4.69, 9.17) is 5.11 Å². The van der Waals surface area contributed by atoms with Crippen molar-refractivity contribution in [1.29, 1.82) is 0 Å². The molecule has 2 rings (SSSR count). The fraction of sp³-hybridized carbons (Fsp3) is 0.733. The standard InChI is InChI=1S/C15H25N3O2/c1-5-17(8-9-19)14(20)12-10-13(11-6-7-11)18(16-12)15(2,3)4/h10-11,19H,5-9H2,1-4H3. The Labute approximate surface area is 120 Å². The lowest BCUT2D eigenvalue weighted by molar-refractivity contribution is 0.0724. The Morgan fingerprint density at radius 1 is 1.50 bits per heavy atom.